The smallest absolute Gasteiger partial charge is 0.405 e. The number of β-amino-alcohol motifs (C(OH)–C–C–N with tert-alkyl or cyclic N) is 1. The Morgan fingerprint density at radius 1 is 0.970 bits per heavy atom. The molecule has 14 nitrogen and oxygen atoms in total. The van der Waals surface area contributed by atoms with E-state index in [1.165, 1.54) is 0 Å². The summed E-state index contributed by atoms with van der Waals surface area (Å²) in [5.41, 5.74) is 2.44. The average molecular weight is 918 g/mol. The Bertz CT molecular complexity index is 2350. The summed E-state index contributed by atoms with van der Waals surface area (Å²) in [5.74, 6) is -0.0383. The molecule has 2 saturated heterocycles. The van der Waals surface area contributed by atoms with Crippen LogP contribution in [0.15, 0.2) is 112 Å². The molecule has 3 aliphatic heterocycles. The number of hydrogen-bond acceptors (Lipinski definition) is 12. The summed E-state index contributed by atoms with van der Waals surface area (Å²) in [4.78, 5) is 35.4. The molecular weight excluding hydrogens is 860 g/mol. The first kappa shape index (κ1) is 48.4. The van der Waals surface area contributed by atoms with Crippen LogP contribution in [-0.2, 0) is 36.8 Å². The predicted octanol–water partition coefficient (Wildman–Crippen LogP) is 6.27. The number of fused-ring (bicyclic) bond motifs is 1. The molecule has 2 fully saturated rings. The van der Waals surface area contributed by atoms with Gasteiger partial charge in [0.2, 0.25) is 17.6 Å². The van der Waals surface area contributed by atoms with Crippen LogP contribution in [-0.4, -0.2) is 114 Å². The first-order valence-corrected chi connectivity index (χ1v) is 22.1. The van der Waals surface area contributed by atoms with Gasteiger partial charge in [0.25, 0.3) is 0 Å². The molecule has 0 bridgehead atoms. The number of alkyl halides is 3. The van der Waals surface area contributed by atoms with E-state index in [1.807, 2.05) is 105 Å². The molecule has 0 unspecified atom stereocenters. The maximum atomic E-state index is 14.0. The minimum absolute atomic E-state index is 0.0000335. The van der Waals surface area contributed by atoms with Gasteiger partial charge in [0.1, 0.15) is 42.6 Å². The van der Waals surface area contributed by atoms with E-state index in [0.29, 0.717) is 42.6 Å². The van der Waals surface area contributed by atoms with E-state index in [0.717, 1.165) is 22.6 Å². The van der Waals surface area contributed by atoms with Crippen molar-refractivity contribution in [2.45, 2.75) is 82.3 Å². The zero-order chi connectivity index (χ0) is 47.1. The fourth-order valence-corrected chi connectivity index (χ4v) is 8.62. The average Bonchev–Trinajstić information content (AvgIpc) is 4.11. The zero-order valence-corrected chi connectivity index (χ0v) is 37.5. The van der Waals surface area contributed by atoms with E-state index in [2.05, 4.69) is 10.3 Å². The lowest BCUT2D eigenvalue weighted by Gasteiger charge is -2.47. The third-order valence-corrected chi connectivity index (χ3v) is 12.3. The van der Waals surface area contributed by atoms with Gasteiger partial charge in [-0.1, -0.05) is 48.5 Å². The number of piperazine rings is 1. The molecule has 0 radical (unpaired) electrons. The van der Waals surface area contributed by atoms with Crippen molar-refractivity contribution in [1.82, 2.24) is 25.4 Å². The third-order valence-electron chi connectivity index (χ3n) is 12.3. The Balaban J connectivity index is 0.000000511. The fourth-order valence-electron chi connectivity index (χ4n) is 8.62. The SMILES string of the molecule is CC1(c2ccco2)OCCO1.Cc1cc(-c2ccc(C(C)(C)N3CCN(C[C@@H](O)C[C@@H](Cc4ccccc4)C(=O)N[C@H]4c5ccccc5OC[C@H]4O)[C@H](C(=O)NCC(F)(F)F)C3)o2)ccn1. The number of para-hydroxylation sites is 1. The number of carbonyl (C=O) groups excluding carboxylic acids is 2. The summed E-state index contributed by atoms with van der Waals surface area (Å²) >= 11 is 0. The molecule has 4 N–H and O–H groups in total. The highest BCUT2D eigenvalue weighted by molar-refractivity contribution is 5.82. The number of nitrogens with zero attached hydrogens (tertiary/aromatic N) is 3. The molecule has 0 aliphatic carbocycles. The van der Waals surface area contributed by atoms with Crippen molar-refractivity contribution in [1.29, 1.82) is 0 Å². The molecule has 17 heteroatoms. The molecule has 2 aromatic carbocycles. The first-order valence-electron chi connectivity index (χ1n) is 22.1. The number of benzene rings is 2. The number of pyridine rings is 1. The van der Waals surface area contributed by atoms with Gasteiger partial charge in [0, 0.05) is 55.1 Å². The highest BCUT2D eigenvalue weighted by Crippen LogP contribution is 2.36. The van der Waals surface area contributed by atoms with Crippen LogP contribution >= 0.6 is 0 Å². The number of furan rings is 2. The summed E-state index contributed by atoms with van der Waals surface area (Å²) in [7, 11) is 0. The van der Waals surface area contributed by atoms with Crippen LogP contribution < -0.4 is 15.4 Å². The van der Waals surface area contributed by atoms with Crippen molar-refractivity contribution in [3.63, 3.8) is 0 Å². The van der Waals surface area contributed by atoms with E-state index in [9.17, 15) is 33.0 Å². The lowest BCUT2D eigenvalue weighted by molar-refractivity contribution is -0.162. The van der Waals surface area contributed by atoms with Crippen molar-refractivity contribution < 1.29 is 56.0 Å². The fraction of sp³-hybridized carbons (Fsp3) is 0.449. The van der Waals surface area contributed by atoms with Gasteiger partial charge in [-0.2, -0.15) is 13.2 Å². The van der Waals surface area contributed by atoms with Gasteiger partial charge in [-0.05, 0) is 88.6 Å². The number of carbonyl (C=O) groups is 2. The summed E-state index contributed by atoms with van der Waals surface area (Å²) in [6.07, 6.45) is -3.14. The second-order valence-corrected chi connectivity index (χ2v) is 17.5. The highest BCUT2D eigenvalue weighted by atomic mass is 19.4. The second-order valence-electron chi connectivity index (χ2n) is 17.5. The van der Waals surface area contributed by atoms with Crippen molar-refractivity contribution in [2.75, 3.05) is 52.5 Å². The lowest BCUT2D eigenvalue weighted by Crippen LogP contribution is -2.63. The number of rotatable bonds is 14. The minimum Gasteiger partial charge on any atom is -0.490 e. The molecule has 66 heavy (non-hydrogen) atoms. The van der Waals surface area contributed by atoms with Crippen molar-refractivity contribution in [2.24, 2.45) is 5.92 Å². The Hall–Kier alpha value is -5.56. The molecule has 6 heterocycles. The van der Waals surface area contributed by atoms with Crippen molar-refractivity contribution >= 4 is 11.8 Å². The van der Waals surface area contributed by atoms with E-state index in [-0.39, 0.29) is 45.0 Å². The minimum atomic E-state index is -4.61. The quantitative estimate of drug-likeness (QED) is 0.0986. The Labute approximate surface area is 382 Å². The topological polar surface area (TPSA) is 172 Å². The van der Waals surface area contributed by atoms with Crippen LogP contribution in [0, 0.1) is 12.8 Å². The van der Waals surface area contributed by atoms with Crippen LogP contribution in [0.3, 0.4) is 0 Å². The second kappa shape index (κ2) is 20.9. The summed E-state index contributed by atoms with van der Waals surface area (Å²) < 4.78 is 67.6. The van der Waals surface area contributed by atoms with Gasteiger partial charge >= 0.3 is 6.18 Å². The van der Waals surface area contributed by atoms with Crippen LogP contribution in [0.1, 0.15) is 61.6 Å². The molecule has 0 saturated carbocycles. The number of aryl methyl sites for hydroxylation is 1. The number of hydrogen-bond donors (Lipinski definition) is 4. The van der Waals surface area contributed by atoms with Gasteiger partial charge in [-0.25, -0.2) is 0 Å². The lowest BCUT2D eigenvalue weighted by atomic mass is 9.90. The molecule has 5 aromatic rings. The molecule has 2 amide bonds. The van der Waals surface area contributed by atoms with E-state index < -0.39 is 60.2 Å². The Morgan fingerprint density at radius 3 is 2.42 bits per heavy atom. The first-order chi connectivity index (χ1) is 31.5. The van der Waals surface area contributed by atoms with Crippen LogP contribution in [0.2, 0.25) is 0 Å². The number of aliphatic hydroxyl groups is 2. The number of nitrogens with one attached hydrogen (secondary N) is 2. The normalized spacial score (nSPS) is 20.8. The van der Waals surface area contributed by atoms with Gasteiger partial charge in [0.05, 0.1) is 37.2 Å². The number of halogens is 3. The molecule has 5 atom stereocenters. The maximum absolute atomic E-state index is 14.0. The van der Waals surface area contributed by atoms with E-state index in [1.54, 1.807) is 41.6 Å². The van der Waals surface area contributed by atoms with Gasteiger partial charge in [0.15, 0.2) is 5.76 Å². The van der Waals surface area contributed by atoms with Gasteiger partial charge in [-0.3, -0.25) is 24.4 Å². The number of aromatic nitrogens is 1. The van der Waals surface area contributed by atoms with Crippen molar-refractivity contribution in [3.8, 4) is 17.1 Å². The zero-order valence-electron chi connectivity index (χ0n) is 37.5. The van der Waals surface area contributed by atoms with Gasteiger partial charge in [-0.15, -0.1) is 0 Å². The highest BCUT2D eigenvalue weighted by Gasteiger charge is 2.42. The van der Waals surface area contributed by atoms with Gasteiger partial charge < -0.3 is 43.9 Å². The molecular formula is C49H58F3N5O9. The number of amides is 2. The largest absolute Gasteiger partial charge is 0.490 e. The summed E-state index contributed by atoms with van der Waals surface area (Å²) in [6, 6.07) is 25.8. The predicted molar refractivity (Wildman–Crippen MR) is 237 cm³/mol. The van der Waals surface area contributed by atoms with Crippen LogP contribution in [0.4, 0.5) is 13.2 Å². The monoisotopic (exact) mass is 917 g/mol. The third kappa shape index (κ3) is 12.1. The molecule has 354 valence electrons. The molecule has 3 aromatic heterocycles. The standard InChI is InChI=1S/C41H48F3N5O6.C8H10O3/c1-26-19-28(15-16-45-26)34-13-14-36(55-34)40(2,3)49-18-17-48(32(23-49)39(53)46-25-41(42,43)44)22-30(50)21-29(20-27-9-5-4-6-10-27)38(52)47-37-31-11-7-8-12-35(31)54-24-33(37)51;1-8(10-5-6-11-8)7-3-2-4-9-7/h4-16,19,29-30,32-33,37,50-51H,17-18,20-25H2,1-3H3,(H,46,53)(H,47,52);2-4H,5-6H2,1H3/t29-,30+,32+,33-,37+;/m1./s1. The number of aliphatic hydroxyl groups excluding tert-OH is 2. The van der Waals surface area contributed by atoms with Crippen LogP contribution in [0.25, 0.3) is 11.3 Å². The maximum Gasteiger partial charge on any atom is 0.405 e. The van der Waals surface area contributed by atoms with Crippen LogP contribution in [0.5, 0.6) is 5.75 Å². The summed E-state index contributed by atoms with van der Waals surface area (Å²) in [6.45, 7) is 8.06. The molecule has 0 spiro atoms. The Kier molecular flexibility index (Phi) is 15.4. The van der Waals surface area contributed by atoms with E-state index >= 15 is 0 Å². The molecule has 8 rings (SSSR count). The van der Waals surface area contributed by atoms with E-state index in [4.69, 9.17) is 23.0 Å². The Morgan fingerprint density at radius 2 is 1.71 bits per heavy atom. The van der Waals surface area contributed by atoms with Crippen molar-refractivity contribution in [3.05, 3.63) is 132 Å². The number of ether oxygens (including phenoxy) is 3. The molecule has 3 aliphatic rings. The summed E-state index contributed by atoms with van der Waals surface area (Å²) in [5, 5.41) is 27.4.